The molecule has 152 valence electrons. The minimum atomic E-state index is -0.740. The first kappa shape index (κ1) is 20.6. The third-order valence-corrected chi connectivity index (χ3v) is 4.20. The number of carbonyl (C=O) groups excluding carboxylic acids is 1. The first-order chi connectivity index (χ1) is 14.5. The summed E-state index contributed by atoms with van der Waals surface area (Å²) in [6.07, 6.45) is 2.08. The van der Waals surface area contributed by atoms with Gasteiger partial charge in [-0.3, -0.25) is 4.79 Å². The number of hydrogen-bond donors (Lipinski definition) is 1. The molecule has 1 aromatic heterocycles. The maximum absolute atomic E-state index is 12.2. The number of aromatic amines is 1. The Kier molecular flexibility index (Phi) is 6.45. The number of para-hydroxylation sites is 1. The van der Waals surface area contributed by atoms with Gasteiger partial charge >= 0.3 is 5.97 Å². The van der Waals surface area contributed by atoms with Crippen LogP contribution in [0.15, 0.2) is 53.3 Å². The molecule has 0 bridgehead atoms. The van der Waals surface area contributed by atoms with E-state index in [1.165, 1.54) is 13.2 Å². The lowest BCUT2D eigenvalue weighted by atomic mass is 10.2. The normalized spacial score (nSPS) is 11.8. The molecule has 2 aromatic carbocycles. The van der Waals surface area contributed by atoms with Crippen molar-refractivity contribution in [3.63, 3.8) is 0 Å². The minimum Gasteiger partial charge on any atom is -0.493 e. The Hall–Kier alpha value is -4.12. The van der Waals surface area contributed by atoms with Gasteiger partial charge in [-0.05, 0) is 42.8 Å². The average molecular weight is 405 g/mol. The maximum atomic E-state index is 12.2. The van der Waals surface area contributed by atoms with Crippen LogP contribution in [-0.2, 0) is 9.53 Å². The van der Waals surface area contributed by atoms with Gasteiger partial charge in [-0.15, -0.1) is 0 Å². The molecule has 0 saturated heterocycles. The minimum absolute atomic E-state index is 0.0966. The fourth-order valence-corrected chi connectivity index (χ4v) is 2.75. The molecule has 1 atom stereocenters. The number of carbonyl (C=O) groups is 1. The van der Waals surface area contributed by atoms with Crippen molar-refractivity contribution < 1.29 is 19.0 Å². The average Bonchev–Trinajstić information content (AvgIpc) is 2.76. The standard InChI is InChI=1S/C22H19N3O5/c1-14(21-24-17-6-4-3-5-16(17)22(27)25-21)30-20(26)10-8-15-7-9-18(29-12-11-23)19(13-15)28-2/h3-10,13-14H,12H2,1-2H3,(H,24,25,27)/b10-8+. The fourth-order valence-electron chi connectivity index (χ4n) is 2.75. The number of hydrogen-bond acceptors (Lipinski definition) is 7. The van der Waals surface area contributed by atoms with Crippen LogP contribution in [0.3, 0.4) is 0 Å². The van der Waals surface area contributed by atoms with Gasteiger partial charge in [-0.1, -0.05) is 18.2 Å². The van der Waals surface area contributed by atoms with Gasteiger partial charge in [-0.25, -0.2) is 9.78 Å². The summed E-state index contributed by atoms with van der Waals surface area (Å²) in [5, 5.41) is 9.08. The van der Waals surface area contributed by atoms with Crippen LogP contribution in [-0.4, -0.2) is 29.7 Å². The molecular weight excluding hydrogens is 386 g/mol. The molecule has 8 nitrogen and oxygen atoms in total. The molecule has 3 aromatic rings. The zero-order chi connectivity index (χ0) is 21.5. The van der Waals surface area contributed by atoms with Gasteiger partial charge in [-0.2, -0.15) is 5.26 Å². The van der Waals surface area contributed by atoms with E-state index in [4.69, 9.17) is 19.5 Å². The van der Waals surface area contributed by atoms with Gasteiger partial charge in [0, 0.05) is 6.08 Å². The van der Waals surface area contributed by atoms with E-state index in [1.54, 1.807) is 55.5 Å². The summed E-state index contributed by atoms with van der Waals surface area (Å²) in [5.74, 6) is 0.536. The van der Waals surface area contributed by atoms with E-state index >= 15 is 0 Å². The highest BCUT2D eigenvalue weighted by molar-refractivity contribution is 5.87. The first-order valence-electron chi connectivity index (χ1n) is 9.07. The Morgan fingerprint density at radius 1 is 1.27 bits per heavy atom. The van der Waals surface area contributed by atoms with Gasteiger partial charge in [0.15, 0.2) is 30.0 Å². The maximum Gasteiger partial charge on any atom is 0.331 e. The van der Waals surface area contributed by atoms with Crippen LogP contribution < -0.4 is 15.0 Å². The van der Waals surface area contributed by atoms with Crippen LogP contribution in [0.5, 0.6) is 11.5 Å². The van der Waals surface area contributed by atoms with Crippen molar-refractivity contribution in [3.05, 3.63) is 70.3 Å². The molecular formula is C22H19N3O5. The van der Waals surface area contributed by atoms with E-state index in [9.17, 15) is 9.59 Å². The first-order valence-corrected chi connectivity index (χ1v) is 9.07. The predicted molar refractivity (Wildman–Crippen MR) is 110 cm³/mol. The van der Waals surface area contributed by atoms with Crippen molar-refractivity contribution >= 4 is 22.9 Å². The molecule has 8 heteroatoms. The van der Waals surface area contributed by atoms with E-state index in [-0.39, 0.29) is 18.0 Å². The monoisotopic (exact) mass is 405 g/mol. The Bertz CT molecular complexity index is 1190. The largest absolute Gasteiger partial charge is 0.493 e. The fraction of sp³-hybridized carbons (Fsp3) is 0.182. The van der Waals surface area contributed by atoms with Crippen LogP contribution >= 0.6 is 0 Å². The van der Waals surface area contributed by atoms with Crippen molar-refractivity contribution in [3.8, 4) is 17.6 Å². The van der Waals surface area contributed by atoms with Gasteiger partial charge in [0.25, 0.3) is 5.56 Å². The van der Waals surface area contributed by atoms with Gasteiger partial charge in [0.1, 0.15) is 6.07 Å². The molecule has 0 aliphatic heterocycles. The van der Waals surface area contributed by atoms with E-state index in [0.717, 1.165) is 0 Å². The number of rotatable bonds is 7. The predicted octanol–water partition coefficient (Wildman–Crippen LogP) is 3.15. The van der Waals surface area contributed by atoms with Crippen LogP contribution in [0.25, 0.3) is 17.0 Å². The van der Waals surface area contributed by atoms with E-state index < -0.39 is 12.1 Å². The number of ether oxygens (including phenoxy) is 3. The molecule has 0 radical (unpaired) electrons. The molecule has 0 spiro atoms. The van der Waals surface area contributed by atoms with Gasteiger partial charge < -0.3 is 19.2 Å². The molecule has 0 fully saturated rings. The Labute approximate surface area is 172 Å². The van der Waals surface area contributed by atoms with Crippen molar-refractivity contribution in [2.45, 2.75) is 13.0 Å². The topological polar surface area (TPSA) is 114 Å². The lowest BCUT2D eigenvalue weighted by molar-refractivity contribution is -0.142. The second-order valence-corrected chi connectivity index (χ2v) is 6.24. The Morgan fingerprint density at radius 2 is 2.07 bits per heavy atom. The third-order valence-electron chi connectivity index (χ3n) is 4.20. The lowest BCUT2D eigenvalue weighted by Crippen LogP contribution is -2.16. The number of esters is 1. The molecule has 1 heterocycles. The summed E-state index contributed by atoms with van der Waals surface area (Å²) in [6.45, 7) is 1.53. The van der Waals surface area contributed by atoms with E-state index in [0.29, 0.717) is 28.0 Å². The second kappa shape index (κ2) is 9.39. The molecule has 30 heavy (non-hydrogen) atoms. The van der Waals surface area contributed by atoms with Crippen molar-refractivity contribution in [2.24, 2.45) is 0 Å². The third kappa shape index (κ3) is 4.83. The zero-order valence-corrected chi connectivity index (χ0v) is 16.4. The smallest absolute Gasteiger partial charge is 0.331 e. The number of fused-ring (bicyclic) bond motifs is 1. The van der Waals surface area contributed by atoms with Crippen LogP contribution in [0.2, 0.25) is 0 Å². The molecule has 1 N–H and O–H groups in total. The van der Waals surface area contributed by atoms with Gasteiger partial charge in [0.2, 0.25) is 0 Å². The molecule has 0 saturated carbocycles. The summed E-state index contributed by atoms with van der Waals surface area (Å²) in [7, 11) is 1.48. The quantitative estimate of drug-likeness (QED) is 0.474. The van der Waals surface area contributed by atoms with Crippen LogP contribution in [0, 0.1) is 11.3 Å². The van der Waals surface area contributed by atoms with Gasteiger partial charge in [0.05, 0.1) is 18.0 Å². The number of nitriles is 1. The number of H-pyrrole nitrogens is 1. The molecule has 0 aliphatic carbocycles. The molecule has 1 unspecified atom stereocenters. The van der Waals surface area contributed by atoms with E-state index in [1.807, 2.05) is 6.07 Å². The van der Waals surface area contributed by atoms with Crippen molar-refractivity contribution in [1.29, 1.82) is 5.26 Å². The summed E-state index contributed by atoms with van der Waals surface area (Å²) < 4.78 is 15.8. The number of benzene rings is 2. The lowest BCUT2D eigenvalue weighted by Gasteiger charge is -2.11. The highest BCUT2D eigenvalue weighted by Crippen LogP contribution is 2.28. The van der Waals surface area contributed by atoms with Crippen LogP contribution in [0.1, 0.15) is 24.4 Å². The number of nitrogens with zero attached hydrogens (tertiary/aromatic N) is 2. The SMILES string of the molecule is COc1cc(/C=C/C(=O)OC(C)c2nc3ccccc3c(=O)[nH]2)ccc1OCC#N. The summed E-state index contributed by atoms with van der Waals surface area (Å²) >= 11 is 0. The number of aromatic nitrogens is 2. The Morgan fingerprint density at radius 3 is 2.83 bits per heavy atom. The Balaban J connectivity index is 1.70. The zero-order valence-electron chi connectivity index (χ0n) is 16.4. The van der Waals surface area contributed by atoms with Crippen LogP contribution in [0.4, 0.5) is 0 Å². The summed E-state index contributed by atoms with van der Waals surface area (Å²) in [6, 6.07) is 13.8. The second-order valence-electron chi connectivity index (χ2n) is 6.24. The van der Waals surface area contributed by atoms with E-state index in [2.05, 4.69) is 9.97 Å². The number of methoxy groups -OCH3 is 1. The summed E-state index contributed by atoms with van der Waals surface area (Å²) in [5.41, 5.74) is 0.915. The molecule has 0 amide bonds. The molecule has 3 rings (SSSR count). The highest BCUT2D eigenvalue weighted by atomic mass is 16.5. The molecule has 0 aliphatic rings. The van der Waals surface area contributed by atoms with Crippen molar-refractivity contribution in [2.75, 3.05) is 13.7 Å². The number of nitrogens with one attached hydrogen (secondary N) is 1. The summed E-state index contributed by atoms with van der Waals surface area (Å²) in [4.78, 5) is 31.4. The highest BCUT2D eigenvalue weighted by Gasteiger charge is 2.14. The van der Waals surface area contributed by atoms with Crippen molar-refractivity contribution in [1.82, 2.24) is 9.97 Å².